The zero-order valence-corrected chi connectivity index (χ0v) is 11.6. The van der Waals surface area contributed by atoms with Crippen molar-refractivity contribution in [2.45, 2.75) is 89.9 Å². The predicted octanol–water partition coefficient (Wildman–Crippen LogP) is 6.02. The second kappa shape index (κ2) is 7.95. The Bertz CT molecular complexity index is 220. The van der Waals surface area contributed by atoms with E-state index in [1.807, 2.05) is 5.57 Å². The third kappa shape index (κ3) is 4.85. The molecule has 0 nitrogen and oxygen atoms in total. The van der Waals surface area contributed by atoms with E-state index in [1.165, 1.54) is 89.9 Å². The van der Waals surface area contributed by atoms with Gasteiger partial charge in [0, 0.05) is 0 Å². The highest BCUT2D eigenvalue weighted by molar-refractivity contribution is 5.08. The molecule has 0 atom stereocenters. The van der Waals surface area contributed by atoms with Crippen LogP contribution in [0.3, 0.4) is 0 Å². The van der Waals surface area contributed by atoms with Crippen LogP contribution in [0.5, 0.6) is 0 Å². The van der Waals surface area contributed by atoms with E-state index < -0.39 is 0 Å². The summed E-state index contributed by atoms with van der Waals surface area (Å²) in [5, 5.41) is 0. The molecule has 2 aliphatic carbocycles. The summed E-state index contributed by atoms with van der Waals surface area (Å²) in [6.07, 6.45) is 23.2. The molecule has 0 aliphatic heterocycles. The normalized spacial score (nSPS) is 29.1. The molecule has 0 heteroatoms. The molecule has 0 aromatic rings. The fourth-order valence-corrected chi connectivity index (χ4v) is 3.59. The Kier molecular flexibility index (Phi) is 6.16. The minimum absolute atomic E-state index is 0.976. The lowest BCUT2D eigenvalue weighted by atomic mass is 9.81. The highest BCUT2D eigenvalue weighted by atomic mass is 14.2. The minimum atomic E-state index is 0.976. The smallest absolute Gasteiger partial charge is 0.0203 e. The van der Waals surface area contributed by atoms with Crippen molar-refractivity contribution >= 4 is 0 Å². The summed E-state index contributed by atoms with van der Waals surface area (Å²) in [4.78, 5) is 0. The van der Waals surface area contributed by atoms with Gasteiger partial charge in [0.15, 0.2) is 0 Å². The van der Waals surface area contributed by atoms with E-state index in [0.717, 1.165) is 5.92 Å². The molecular formula is C17H30. The topological polar surface area (TPSA) is 0 Å². The van der Waals surface area contributed by atoms with Gasteiger partial charge in [-0.15, -0.1) is 0 Å². The number of hydrogen-bond acceptors (Lipinski definition) is 0. The van der Waals surface area contributed by atoms with Crippen molar-refractivity contribution in [2.75, 3.05) is 0 Å². The SMILES string of the molecule is C1=C(/C2CCCCC2)CCCCCCCCC/1. The zero-order valence-electron chi connectivity index (χ0n) is 11.6. The van der Waals surface area contributed by atoms with Crippen LogP contribution in [-0.2, 0) is 0 Å². The summed E-state index contributed by atoms with van der Waals surface area (Å²) in [6.45, 7) is 0. The summed E-state index contributed by atoms with van der Waals surface area (Å²) in [5.41, 5.74) is 1.85. The van der Waals surface area contributed by atoms with Crippen molar-refractivity contribution < 1.29 is 0 Å². The summed E-state index contributed by atoms with van der Waals surface area (Å²) in [5.74, 6) is 0.976. The monoisotopic (exact) mass is 234 g/mol. The van der Waals surface area contributed by atoms with Gasteiger partial charge in [0.2, 0.25) is 0 Å². The van der Waals surface area contributed by atoms with E-state index in [4.69, 9.17) is 0 Å². The molecule has 0 unspecified atom stereocenters. The van der Waals surface area contributed by atoms with Crippen LogP contribution in [0.1, 0.15) is 89.9 Å². The largest absolute Gasteiger partial charge is 0.0851 e. The van der Waals surface area contributed by atoms with Crippen LogP contribution in [0.4, 0.5) is 0 Å². The first-order chi connectivity index (χ1) is 8.47. The minimum Gasteiger partial charge on any atom is -0.0851 e. The maximum atomic E-state index is 2.64. The van der Waals surface area contributed by atoms with Crippen LogP contribution >= 0.6 is 0 Å². The van der Waals surface area contributed by atoms with Gasteiger partial charge in [0.05, 0.1) is 0 Å². The highest BCUT2D eigenvalue weighted by Gasteiger charge is 2.17. The van der Waals surface area contributed by atoms with Gasteiger partial charge in [0.1, 0.15) is 0 Å². The van der Waals surface area contributed by atoms with Gasteiger partial charge in [-0.2, -0.15) is 0 Å². The van der Waals surface area contributed by atoms with Crippen LogP contribution in [0.25, 0.3) is 0 Å². The van der Waals surface area contributed by atoms with Gasteiger partial charge in [-0.25, -0.2) is 0 Å². The molecule has 0 spiro atoms. The fraction of sp³-hybridized carbons (Fsp3) is 0.882. The molecule has 0 heterocycles. The molecule has 2 rings (SSSR count). The maximum Gasteiger partial charge on any atom is -0.0203 e. The molecule has 0 saturated heterocycles. The molecule has 2 aliphatic rings. The van der Waals surface area contributed by atoms with Gasteiger partial charge in [-0.1, -0.05) is 63.0 Å². The van der Waals surface area contributed by atoms with E-state index in [2.05, 4.69) is 6.08 Å². The van der Waals surface area contributed by atoms with Crippen LogP contribution in [0, 0.1) is 5.92 Å². The Morgan fingerprint density at radius 2 is 1.24 bits per heavy atom. The molecule has 1 saturated carbocycles. The van der Waals surface area contributed by atoms with Crippen molar-refractivity contribution in [3.63, 3.8) is 0 Å². The highest BCUT2D eigenvalue weighted by Crippen LogP contribution is 2.33. The van der Waals surface area contributed by atoms with E-state index in [1.54, 1.807) is 0 Å². The van der Waals surface area contributed by atoms with Crippen molar-refractivity contribution in [3.8, 4) is 0 Å². The van der Waals surface area contributed by atoms with Crippen molar-refractivity contribution in [2.24, 2.45) is 5.92 Å². The van der Waals surface area contributed by atoms with Crippen molar-refractivity contribution in [3.05, 3.63) is 11.6 Å². The van der Waals surface area contributed by atoms with E-state index in [9.17, 15) is 0 Å². The van der Waals surface area contributed by atoms with E-state index >= 15 is 0 Å². The van der Waals surface area contributed by atoms with Gasteiger partial charge in [-0.3, -0.25) is 0 Å². The van der Waals surface area contributed by atoms with E-state index in [-0.39, 0.29) is 0 Å². The number of rotatable bonds is 1. The van der Waals surface area contributed by atoms with Gasteiger partial charge >= 0.3 is 0 Å². The second-order valence-electron chi connectivity index (χ2n) is 6.13. The lowest BCUT2D eigenvalue weighted by Gasteiger charge is -2.25. The molecule has 98 valence electrons. The van der Waals surface area contributed by atoms with Crippen LogP contribution in [0.15, 0.2) is 11.6 Å². The summed E-state index contributed by atoms with van der Waals surface area (Å²) >= 11 is 0. The van der Waals surface area contributed by atoms with Gasteiger partial charge in [0.25, 0.3) is 0 Å². The summed E-state index contributed by atoms with van der Waals surface area (Å²) in [6, 6.07) is 0. The van der Waals surface area contributed by atoms with Gasteiger partial charge < -0.3 is 0 Å². The number of allylic oxidation sites excluding steroid dienone is 2. The molecule has 0 aromatic heterocycles. The lowest BCUT2D eigenvalue weighted by Crippen LogP contribution is -2.09. The molecule has 0 bridgehead atoms. The predicted molar refractivity (Wildman–Crippen MR) is 76.2 cm³/mol. The maximum absolute atomic E-state index is 2.64. The third-order valence-electron chi connectivity index (χ3n) is 4.71. The Balaban J connectivity index is 1.87. The molecule has 1 fully saturated rings. The van der Waals surface area contributed by atoms with Gasteiger partial charge in [-0.05, 0) is 44.4 Å². The average Bonchev–Trinajstić information content (AvgIpc) is 2.45. The Morgan fingerprint density at radius 3 is 2.00 bits per heavy atom. The zero-order chi connectivity index (χ0) is 11.8. The van der Waals surface area contributed by atoms with Crippen LogP contribution in [0.2, 0.25) is 0 Å². The van der Waals surface area contributed by atoms with Crippen LogP contribution < -0.4 is 0 Å². The molecule has 17 heavy (non-hydrogen) atoms. The molecular weight excluding hydrogens is 204 g/mol. The quantitative estimate of drug-likeness (QED) is 0.487. The van der Waals surface area contributed by atoms with E-state index in [0.29, 0.717) is 0 Å². The third-order valence-corrected chi connectivity index (χ3v) is 4.71. The van der Waals surface area contributed by atoms with Crippen molar-refractivity contribution in [1.29, 1.82) is 0 Å². The average molecular weight is 234 g/mol. The first-order valence-corrected chi connectivity index (χ1v) is 8.16. The molecule has 0 amide bonds. The lowest BCUT2D eigenvalue weighted by molar-refractivity contribution is 0.391. The molecule has 0 aromatic carbocycles. The Morgan fingerprint density at radius 1 is 0.647 bits per heavy atom. The number of hydrogen-bond donors (Lipinski definition) is 0. The summed E-state index contributed by atoms with van der Waals surface area (Å²) < 4.78 is 0. The second-order valence-corrected chi connectivity index (χ2v) is 6.13. The fourth-order valence-electron chi connectivity index (χ4n) is 3.59. The van der Waals surface area contributed by atoms with Crippen LogP contribution in [-0.4, -0.2) is 0 Å². The van der Waals surface area contributed by atoms with Crippen molar-refractivity contribution in [1.82, 2.24) is 0 Å². The first kappa shape index (κ1) is 13.2. The Hall–Kier alpha value is -0.260. The molecule has 0 radical (unpaired) electrons. The first-order valence-electron chi connectivity index (χ1n) is 8.16. The Labute approximate surface area is 108 Å². The standard InChI is InChI=1S/C17H30/c1-2-4-6-9-13-16(12-8-5-3-1)17-14-10-7-11-15-17/h12,17H,1-11,13-15H2/b16-12+. The molecule has 0 N–H and O–H groups in total. The summed E-state index contributed by atoms with van der Waals surface area (Å²) in [7, 11) is 0.